The van der Waals surface area contributed by atoms with Gasteiger partial charge in [-0.2, -0.15) is 0 Å². The van der Waals surface area contributed by atoms with E-state index in [-0.39, 0.29) is 0 Å². The van der Waals surface area contributed by atoms with Crippen molar-refractivity contribution in [2.75, 3.05) is 0 Å². The second-order valence-corrected chi connectivity index (χ2v) is 13.9. The molecule has 0 amide bonds. The SMILES string of the molecule is c1ccc(-c2cc(-c3ccc4oc5cc6c(cc5c4c3)oc3ccc(-c4cc(-c5ccccc5)nc(-c5ccccc5)n4)cc36)nc(-c3ccccc3)n2)cc1. The van der Waals surface area contributed by atoms with Gasteiger partial charge in [-0.15, -0.1) is 0 Å². The van der Waals surface area contributed by atoms with Crippen molar-refractivity contribution in [1.29, 1.82) is 0 Å². The molecule has 6 nitrogen and oxygen atoms in total. The van der Waals surface area contributed by atoms with Gasteiger partial charge in [0.2, 0.25) is 0 Å². The number of hydrogen-bond acceptors (Lipinski definition) is 6. The van der Waals surface area contributed by atoms with Gasteiger partial charge >= 0.3 is 0 Å². The average molecular weight is 719 g/mol. The molecule has 4 heterocycles. The number of rotatable bonds is 6. The van der Waals surface area contributed by atoms with Crippen LogP contribution >= 0.6 is 0 Å². The van der Waals surface area contributed by atoms with Crippen LogP contribution < -0.4 is 0 Å². The van der Waals surface area contributed by atoms with Crippen molar-refractivity contribution >= 4 is 43.9 Å². The van der Waals surface area contributed by atoms with Crippen molar-refractivity contribution in [2.24, 2.45) is 0 Å². The maximum absolute atomic E-state index is 6.51. The zero-order valence-corrected chi connectivity index (χ0v) is 29.9. The van der Waals surface area contributed by atoms with Crippen LogP contribution in [0.25, 0.3) is 112 Å². The average Bonchev–Trinajstić information content (AvgIpc) is 3.82. The summed E-state index contributed by atoms with van der Waals surface area (Å²) in [6.45, 7) is 0. The van der Waals surface area contributed by atoms with Crippen LogP contribution in [0.5, 0.6) is 0 Å². The molecule has 4 aromatic heterocycles. The van der Waals surface area contributed by atoms with Crippen LogP contribution in [0, 0.1) is 0 Å². The summed E-state index contributed by atoms with van der Waals surface area (Å²) in [4.78, 5) is 20.1. The standard InChI is InChI=1S/C50H30N4O2/c1-5-13-31(14-6-1)41-29-43(53-49(51-41)33-17-9-3-10-18-33)35-21-23-45-37(25-35)39-27-48-40(28-47(39)55-45)38-26-36(22-24-46(38)56-48)44-30-42(32-15-7-2-8-16-32)52-50(54-44)34-19-11-4-12-20-34/h1-30H. The highest BCUT2D eigenvalue weighted by atomic mass is 16.3. The third-order valence-electron chi connectivity index (χ3n) is 10.3. The van der Waals surface area contributed by atoms with E-state index in [1.54, 1.807) is 0 Å². The zero-order chi connectivity index (χ0) is 37.0. The molecule has 0 aliphatic rings. The van der Waals surface area contributed by atoms with Crippen LogP contribution in [0.4, 0.5) is 0 Å². The van der Waals surface area contributed by atoms with Crippen LogP contribution in [0.2, 0.25) is 0 Å². The molecule has 262 valence electrons. The lowest BCUT2D eigenvalue weighted by atomic mass is 10.0. The fraction of sp³-hybridized carbons (Fsp3) is 0. The Hall–Kier alpha value is -7.70. The smallest absolute Gasteiger partial charge is 0.160 e. The molecule has 0 unspecified atom stereocenters. The molecule has 0 atom stereocenters. The van der Waals surface area contributed by atoms with E-state index in [0.717, 1.165) is 100 Å². The second-order valence-electron chi connectivity index (χ2n) is 13.9. The van der Waals surface area contributed by atoms with Crippen molar-refractivity contribution in [3.63, 3.8) is 0 Å². The number of aromatic nitrogens is 4. The summed E-state index contributed by atoms with van der Waals surface area (Å²) in [6, 6.07) is 61.5. The summed E-state index contributed by atoms with van der Waals surface area (Å²) in [6.07, 6.45) is 0. The Morgan fingerprint density at radius 3 is 0.946 bits per heavy atom. The molecule has 7 aromatic carbocycles. The molecule has 0 saturated carbocycles. The lowest BCUT2D eigenvalue weighted by Gasteiger charge is -2.09. The first kappa shape index (κ1) is 31.8. The number of benzene rings is 7. The first-order valence-corrected chi connectivity index (χ1v) is 18.5. The van der Waals surface area contributed by atoms with Crippen LogP contribution in [-0.2, 0) is 0 Å². The first-order valence-electron chi connectivity index (χ1n) is 18.5. The van der Waals surface area contributed by atoms with Crippen molar-refractivity contribution in [3.8, 4) is 67.8 Å². The van der Waals surface area contributed by atoms with Gasteiger partial charge in [0.25, 0.3) is 0 Å². The van der Waals surface area contributed by atoms with Gasteiger partial charge in [-0.25, -0.2) is 19.9 Å². The van der Waals surface area contributed by atoms with E-state index in [1.165, 1.54) is 0 Å². The Morgan fingerprint density at radius 2 is 0.571 bits per heavy atom. The molecular formula is C50H30N4O2. The quantitative estimate of drug-likeness (QED) is 0.170. The molecule has 0 saturated heterocycles. The first-order chi connectivity index (χ1) is 27.7. The lowest BCUT2D eigenvalue weighted by molar-refractivity contribution is 0.664. The minimum absolute atomic E-state index is 0.678. The summed E-state index contributed by atoms with van der Waals surface area (Å²) < 4.78 is 13.0. The highest BCUT2D eigenvalue weighted by Gasteiger charge is 2.18. The molecule has 0 spiro atoms. The third-order valence-corrected chi connectivity index (χ3v) is 10.3. The fourth-order valence-electron chi connectivity index (χ4n) is 7.50. The largest absolute Gasteiger partial charge is 0.456 e. The predicted octanol–water partition coefficient (Wildman–Crippen LogP) is 13.1. The lowest BCUT2D eigenvalue weighted by Crippen LogP contribution is -1.95. The minimum Gasteiger partial charge on any atom is -0.456 e. The fourth-order valence-corrected chi connectivity index (χ4v) is 7.50. The molecule has 0 radical (unpaired) electrons. The number of fused-ring (bicyclic) bond motifs is 6. The second kappa shape index (κ2) is 13.0. The molecule has 0 aliphatic heterocycles. The van der Waals surface area contributed by atoms with E-state index >= 15 is 0 Å². The van der Waals surface area contributed by atoms with Gasteiger partial charge in [0.1, 0.15) is 22.3 Å². The Kier molecular flexibility index (Phi) is 7.38. The summed E-state index contributed by atoms with van der Waals surface area (Å²) in [7, 11) is 0. The minimum atomic E-state index is 0.678. The molecule has 6 heteroatoms. The maximum Gasteiger partial charge on any atom is 0.160 e. The van der Waals surface area contributed by atoms with E-state index in [9.17, 15) is 0 Å². The molecule has 0 fully saturated rings. The predicted molar refractivity (Wildman–Crippen MR) is 225 cm³/mol. The molecule has 56 heavy (non-hydrogen) atoms. The highest BCUT2D eigenvalue weighted by Crippen LogP contribution is 2.40. The molecular weight excluding hydrogens is 689 g/mol. The molecule has 11 aromatic rings. The molecule has 11 rings (SSSR count). The number of furan rings is 2. The van der Waals surface area contributed by atoms with Crippen LogP contribution in [-0.4, -0.2) is 19.9 Å². The van der Waals surface area contributed by atoms with Gasteiger partial charge in [0.05, 0.1) is 22.8 Å². The van der Waals surface area contributed by atoms with Crippen molar-refractivity contribution < 1.29 is 8.83 Å². The number of hydrogen-bond donors (Lipinski definition) is 0. The summed E-state index contributed by atoms with van der Waals surface area (Å²) in [5.41, 5.74) is 12.5. The Balaban J connectivity index is 1.03. The van der Waals surface area contributed by atoms with E-state index < -0.39 is 0 Å². The van der Waals surface area contributed by atoms with Gasteiger partial charge in [0.15, 0.2) is 11.6 Å². The Labute approximate surface area is 321 Å². The van der Waals surface area contributed by atoms with Crippen molar-refractivity contribution in [1.82, 2.24) is 19.9 Å². The van der Waals surface area contributed by atoms with Gasteiger partial charge < -0.3 is 8.83 Å². The topological polar surface area (TPSA) is 77.8 Å². The Morgan fingerprint density at radius 1 is 0.250 bits per heavy atom. The van der Waals surface area contributed by atoms with Crippen molar-refractivity contribution in [2.45, 2.75) is 0 Å². The van der Waals surface area contributed by atoms with Crippen LogP contribution in [0.1, 0.15) is 0 Å². The van der Waals surface area contributed by atoms with Gasteiger partial charge in [0, 0.05) is 54.9 Å². The molecule has 0 N–H and O–H groups in total. The monoisotopic (exact) mass is 718 g/mol. The Bertz CT molecular complexity index is 2890. The molecule has 0 aliphatic carbocycles. The van der Waals surface area contributed by atoms with E-state index in [4.69, 9.17) is 28.8 Å². The van der Waals surface area contributed by atoms with Crippen LogP contribution in [0.15, 0.2) is 191 Å². The normalized spacial score (nSPS) is 11.6. The van der Waals surface area contributed by atoms with Gasteiger partial charge in [-0.3, -0.25) is 0 Å². The zero-order valence-electron chi connectivity index (χ0n) is 29.9. The van der Waals surface area contributed by atoms with Crippen molar-refractivity contribution in [3.05, 3.63) is 182 Å². The third kappa shape index (κ3) is 5.60. The summed E-state index contributed by atoms with van der Waals surface area (Å²) in [5.74, 6) is 1.36. The summed E-state index contributed by atoms with van der Waals surface area (Å²) in [5, 5.41) is 3.93. The highest BCUT2D eigenvalue weighted by molar-refractivity contribution is 6.15. The summed E-state index contributed by atoms with van der Waals surface area (Å²) >= 11 is 0. The van der Waals surface area contributed by atoms with E-state index in [1.807, 2.05) is 109 Å². The van der Waals surface area contributed by atoms with Gasteiger partial charge in [-0.05, 0) is 60.7 Å². The van der Waals surface area contributed by atoms with E-state index in [2.05, 4.69) is 72.8 Å². The maximum atomic E-state index is 6.51. The van der Waals surface area contributed by atoms with Gasteiger partial charge in [-0.1, -0.05) is 121 Å². The van der Waals surface area contributed by atoms with E-state index in [0.29, 0.717) is 11.6 Å². The number of nitrogens with zero attached hydrogens (tertiary/aromatic N) is 4. The molecule has 0 bridgehead atoms. The van der Waals surface area contributed by atoms with Crippen LogP contribution in [0.3, 0.4) is 0 Å².